The average Bonchev–Trinajstić information content (AvgIpc) is 2.86. The number of ether oxygens (including phenoxy) is 2. The van der Waals surface area contributed by atoms with Crippen molar-refractivity contribution in [2.24, 2.45) is 0 Å². The Labute approximate surface area is 152 Å². The zero-order chi connectivity index (χ0) is 17.6. The molecule has 2 aliphatic rings. The van der Waals surface area contributed by atoms with E-state index in [9.17, 15) is 0 Å². The minimum Gasteiger partial charge on any atom is -0.490 e. The van der Waals surface area contributed by atoms with E-state index in [0.717, 1.165) is 50.3 Å². The Bertz CT molecular complexity index is 542. The normalized spacial score (nSPS) is 20.5. The first-order valence-corrected chi connectivity index (χ1v) is 9.65. The first kappa shape index (κ1) is 18.5. The lowest BCUT2D eigenvalue weighted by Crippen LogP contribution is -2.44. The summed E-state index contributed by atoms with van der Waals surface area (Å²) >= 11 is 0. The number of benzene rings is 1. The van der Waals surface area contributed by atoms with Crippen molar-refractivity contribution in [2.45, 2.75) is 38.3 Å². The number of fused-ring (bicyclic) bond motifs is 1. The summed E-state index contributed by atoms with van der Waals surface area (Å²) < 4.78 is 11.5. The van der Waals surface area contributed by atoms with Gasteiger partial charge in [0.2, 0.25) is 0 Å². The molecule has 0 saturated carbocycles. The zero-order valence-electron chi connectivity index (χ0n) is 16.0. The van der Waals surface area contributed by atoms with Gasteiger partial charge >= 0.3 is 0 Å². The van der Waals surface area contributed by atoms with E-state index >= 15 is 0 Å². The fourth-order valence-corrected chi connectivity index (χ4v) is 3.67. The topological polar surface area (TPSA) is 37.0 Å². The van der Waals surface area contributed by atoms with Gasteiger partial charge < -0.3 is 24.6 Å². The van der Waals surface area contributed by atoms with E-state index in [4.69, 9.17) is 9.47 Å². The minimum atomic E-state index is 0.316. The monoisotopic (exact) mass is 347 g/mol. The molecule has 1 aromatic rings. The molecule has 2 aliphatic heterocycles. The minimum absolute atomic E-state index is 0.316. The van der Waals surface area contributed by atoms with Gasteiger partial charge in [0.1, 0.15) is 0 Å². The number of rotatable bonds is 6. The average molecular weight is 348 g/mol. The quantitative estimate of drug-likeness (QED) is 0.856. The highest BCUT2D eigenvalue weighted by atomic mass is 16.5. The number of hydrogen-bond acceptors (Lipinski definition) is 5. The second-order valence-corrected chi connectivity index (χ2v) is 7.47. The summed E-state index contributed by atoms with van der Waals surface area (Å²) in [5.41, 5.74) is 1.26. The smallest absolute Gasteiger partial charge is 0.161 e. The van der Waals surface area contributed by atoms with Crippen molar-refractivity contribution < 1.29 is 9.47 Å². The van der Waals surface area contributed by atoms with Gasteiger partial charge in [0.05, 0.1) is 13.2 Å². The number of nitrogens with zero attached hydrogens (tertiary/aromatic N) is 2. The van der Waals surface area contributed by atoms with Gasteiger partial charge in [0, 0.05) is 31.6 Å². The number of piperidine rings is 1. The van der Waals surface area contributed by atoms with E-state index < -0.39 is 0 Å². The highest BCUT2D eigenvalue weighted by Crippen LogP contribution is 2.32. The fraction of sp³-hybridized carbons (Fsp3) is 0.700. The Morgan fingerprint density at radius 3 is 2.60 bits per heavy atom. The van der Waals surface area contributed by atoms with Crippen molar-refractivity contribution in [3.8, 4) is 11.5 Å². The summed E-state index contributed by atoms with van der Waals surface area (Å²) in [7, 11) is 4.39. The van der Waals surface area contributed by atoms with Gasteiger partial charge in [-0.05, 0) is 64.6 Å². The molecule has 0 aromatic heterocycles. The van der Waals surface area contributed by atoms with Crippen LogP contribution in [0.2, 0.25) is 0 Å². The second-order valence-electron chi connectivity index (χ2n) is 7.47. The molecule has 0 radical (unpaired) electrons. The lowest BCUT2D eigenvalue weighted by molar-refractivity contribution is 0.145. The van der Waals surface area contributed by atoms with Gasteiger partial charge in [-0.1, -0.05) is 6.07 Å². The van der Waals surface area contributed by atoms with E-state index in [1.54, 1.807) is 0 Å². The fourth-order valence-electron chi connectivity index (χ4n) is 3.67. The van der Waals surface area contributed by atoms with Gasteiger partial charge in [0.15, 0.2) is 11.5 Å². The Morgan fingerprint density at radius 2 is 1.88 bits per heavy atom. The summed E-state index contributed by atoms with van der Waals surface area (Å²) in [6.45, 7) is 8.26. The van der Waals surface area contributed by atoms with Crippen molar-refractivity contribution >= 4 is 0 Å². The maximum atomic E-state index is 5.80. The zero-order valence-corrected chi connectivity index (χ0v) is 16.0. The van der Waals surface area contributed by atoms with Crippen molar-refractivity contribution in [3.05, 3.63) is 23.8 Å². The third-order valence-electron chi connectivity index (χ3n) is 5.44. The van der Waals surface area contributed by atoms with E-state index in [-0.39, 0.29) is 0 Å². The molecule has 1 fully saturated rings. The lowest BCUT2D eigenvalue weighted by atomic mass is 10.0. The van der Waals surface area contributed by atoms with Crippen molar-refractivity contribution in [1.29, 1.82) is 0 Å². The molecular formula is C20H33N3O2. The van der Waals surface area contributed by atoms with Crippen LogP contribution in [-0.2, 0) is 0 Å². The molecule has 25 heavy (non-hydrogen) atoms. The van der Waals surface area contributed by atoms with Gasteiger partial charge in [0.25, 0.3) is 0 Å². The van der Waals surface area contributed by atoms with Crippen LogP contribution in [0, 0.1) is 0 Å². The van der Waals surface area contributed by atoms with Crippen LogP contribution in [0.1, 0.15) is 37.8 Å². The first-order chi connectivity index (χ1) is 12.1. The Hall–Kier alpha value is -1.30. The predicted molar refractivity (Wildman–Crippen MR) is 102 cm³/mol. The molecule has 1 saturated heterocycles. The molecule has 1 aromatic carbocycles. The molecule has 0 unspecified atom stereocenters. The molecule has 3 rings (SSSR count). The maximum absolute atomic E-state index is 5.80. The summed E-state index contributed by atoms with van der Waals surface area (Å²) in [6, 6.07) is 7.39. The third-order valence-corrected chi connectivity index (χ3v) is 5.44. The summed E-state index contributed by atoms with van der Waals surface area (Å²) in [4.78, 5) is 4.94. The molecule has 5 heteroatoms. The highest BCUT2D eigenvalue weighted by molar-refractivity contribution is 5.44. The SMILES string of the molecule is C[C@H](NCCN1CCC(N(C)C)CC1)c1ccc2c(c1)OCCCO2. The van der Waals surface area contributed by atoms with Crippen LogP contribution in [-0.4, -0.2) is 69.3 Å². The van der Waals surface area contributed by atoms with E-state index in [1.165, 1.54) is 31.5 Å². The molecule has 0 bridgehead atoms. The van der Waals surface area contributed by atoms with Crippen LogP contribution in [0.25, 0.3) is 0 Å². The van der Waals surface area contributed by atoms with E-state index in [0.29, 0.717) is 6.04 Å². The van der Waals surface area contributed by atoms with Gasteiger partial charge in [-0.3, -0.25) is 0 Å². The van der Waals surface area contributed by atoms with E-state index in [2.05, 4.69) is 48.3 Å². The maximum Gasteiger partial charge on any atom is 0.161 e. The summed E-state index contributed by atoms with van der Waals surface area (Å²) in [5.74, 6) is 1.76. The molecular weight excluding hydrogens is 314 g/mol. The second kappa shape index (κ2) is 8.88. The van der Waals surface area contributed by atoms with Crippen molar-refractivity contribution in [2.75, 3.05) is 53.5 Å². The van der Waals surface area contributed by atoms with Gasteiger partial charge in [-0.25, -0.2) is 0 Å². The largest absolute Gasteiger partial charge is 0.490 e. The number of likely N-dealkylation sites (tertiary alicyclic amines) is 1. The van der Waals surface area contributed by atoms with Gasteiger partial charge in [-0.2, -0.15) is 0 Å². The van der Waals surface area contributed by atoms with E-state index in [1.807, 2.05) is 6.07 Å². The molecule has 0 amide bonds. The molecule has 1 N–H and O–H groups in total. The van der Waals surface area contributed by atoms with Crippen molar-refractivity contribution in [3.63, 3.8) is 0 Å². The van der Waals surface area contributed by atoms with Crippen LogP contribution in [0.5, 0.6) is 11.5 Å². The van der Waals surface area contributed by atoms with Crippen LogP contribution in [0.15, 0.2) is 18.2 Å². The Morgan fingerprint density at radius 1 is 1.16 bits per heavy atom. The van der Waals surface area contributed by atoms with Crippen LogP contribution >= 0.6 is 0 Å². The number of nitrogens with one attached hydrogen (secondary N) is 1. The lowest BCUT2D eigenvalue weighted by Gasteiger charge is -2.35. The summed E-state index contributed by atoms with van der Waals surface area (Å²) in [6.07, 6.45) is 3.51. The Kier molecular flexibility index (Phi) is 6.57. The molecule has 2 heterocycles. The highest BCUT2D eigenvalue weighted by Gasteiger charge is 2.20. The van der Waals surface area contributed by atoms with Crippen molar-refractivity contribution in [1.82, 2.24) is 15.1 Å². The third kappa shape index (κ3) is 5.09. The predicted octanol–water partition coefficient (Wildman–Crippen LogP) is 2.52. The first-order valence-electron chi connectivity index (χ1n) is 9.65. The Balaban J connectivity index is 1.44. The van der Waals surface area contributed by atoms with Crippen LogP contribution < -0.4 is 14.8 Å². The molecule has 1 atom stereocenters. The van der Waals surface area contributed by atoms with Gasteiger partial charge in [-0.15, -0.1) is 0 Å². The molecule has 0 spiro atoms. The summed E-state index contributed by atoms with van der Waals surface area (Å²) in [5, 5.41) is 3.65. The molecule has 5 nitrogen and oxygen atoms in total. The van der Waals surface area contributed by atoms with Crippen LogP contribution in [0.4, 0.5) is 0 Å². The molecule has 140 valence electrons. The molecule has 0 aliphatic carbocycles. The van der Waals surface area contributed by atoms with Crippen LogP contribution in [0.3, 0.4) is 0 Å². The number of hydrogen-bond donors (Lipinski definition) is 1. The standard InChI is InChI=1S/C20H33N3O2/c1-16(17-5-6-19-20(15-17)25-14-4-13-24-19)21-9-12-23-10-7-18(8-11-23)22(2)3/h5-6,15-16,18,21H,4,7-14H2,1-3H3/t16-/m0/s1.